The molecule has 0 radical (unpaired) electrons. The van der Waals surface area contributed by atoms with Crippen molar-refractivity contribution in [3.63, 3.8) is 0 Å². The van der Waals surface area contributed by atoms with E-state index in [-0.39, 0.29) is 0 Å². The molecule has 25 heavy (non-hydrogen) atoms. The molecule has 3 rings (SSSR count). The van der Waals surface area contributed by atoms with Crippen LogP contribution in [0.2, 0.25) is 0 Å². The SMILES string of the molecule is CC(C)Nc1ncnc2c1=CCC=C(COCCN1CCOCC1)C=2. The summed E-state index contributed by atoms with van der Waals surface area (Å²) in [5.74, 6) is 0.902. The van der Waals surface area contributed by atoms with E-state index in [0.717, 1.165) is 62.3 Å². The lowest BCUT2D eigenvalue weighted by molar-refractivity contribution is 0.0230. The molecular formula is C19H28N4O2. The van der Waals surface area contributed by atoms with Crippen LogP contribution in [0.1, 0.15) is 20.3 Å². The minimum absolute atomic E-state index is 0.339. The van der Waals surface area contributed by atoms with Crippen molar-refractivity contribution in [2.24, 2.45) is 0 Å². The maximum atomic E-state index is 5.89. The van der Waals surface area contributed by atoms with Crippen molar-refractivity contribution in [3.8, 4) is 0 Å². The van der Waals surface area contributed by atoms with E-state index >= 15 is 0 Å². The van der Waals surface area contributed by atoms with Gasteiger partial charge in [-0.2, -0.15) is 0 Å². The summed E-state index contributed by atoms with van der Waals surface area (Å²) in [4.78, 5) is 11.2. The second-order valence-corrected chi connectivity index (χ2v) is 6.69. The minimum Gasteiger partial charge on any atom is -0.379 e. The van der Waals surface area contributed by atoms with Crippen molar-refractivity contribution in [3.05, 3.63) is 28.5 Å². The summed E-state index contributed by atoms with van der Waals surface area (Å²) >= 11 is 0. The molecule has 0 spiro atoms. The van der Waals surface area contributed by atoms with Crippen molar-refractivity contribution in [1.82, 2.24) is 14.9 Å². The topological polar surface area (TPSA) is 59.5 Å². The molecule has 1 aromatic rings. The molecule has 1 fully saturated rings. The Balaban J connectivity index is 1.58. The molecule has 1 N–H and O–H groups in total. The van der Waals surface area contributed by atoms with Crippen molar-refractivity contribution >= 4 is 18.0 Å². The molecule has 0 aromatic carbocycles. The number of ether oxygens (including phenoxy) is 2. The van der Waals surface area contributed by atoms with E-state index in [1.807, 2.05) is 0 Å². The average Bonchev–Trinajstić information content (AvgIpc) is 2.82. The first-order valence-corrected chi connectivity index (χ1v) is 9.09. The fourth-order valence-electron chi connectivity index (χ4n) is 2.99. The number of rotatable bonds is 7. The van der Waals surface area contributed by atoms with E-state index in [1.165, 1.54) is 5.57 Å². The third-order valence-electron chi connectivity index (χ3n) is 4.29. The van der Waals surface area contributed by atoms with E-state index in [1.54, 1.807) is 6.33 Å². The van der Waals surface area contributed by atoms with Gasteiger partial charge in [0.2, 0.25) is 0 Å². The van der Waals surface area contributed by atoms with E-state index in [4.69, 9.17) is 9.47 Å². The minimum atomic E-state index is 0.339. The molecule has 1 saturated heterocycles. The standard InChI is InChI=1S/C19H28N4O2/c1-15(2)22-19-17-5-3-4-16(12-18(17)20-14-21-19)13-25-11-8-23-6-9-24-10-7-23/h4-5,12,14-15H,3,6-11,13H2,1-2H3,(H,20,21,22). The molecule has 1 aliphatic heterocycles. The van der Waals surface area contributed by atoms with Gasteiger partial charge >= 0.3 is 0 Å². The van der Waals surface area contributed by atoms with Crippen molar-refractivity contribution in [2.75, 3.05) is 51.4 Å². The Bertz CT molecular complexity index is 709. The van der Waals surface area contributed by atoms with Gasteiger partial charge in [-0.3, -0.25) is 4.90 Å². The van der Waals surface area contributed by atoms with Crippen LogP contribution in [0, 0.1) is 0 Å². The maximum absolute atomic E-state index is 5.89. The highest BCUT2D eigenvalue weighted by Gasteiger charge is 2.10. The van der Waals surface area contributed by atoms with Gasteiger partial charge in [0.25, 0.3) is 0 Å². The van der Waals surface area contributed by atoms with Crippen LogP contribution in [-0.2, 0) is 9.47 Å². The zero-order valence-corrected chi connectivity index (χ0v) is 15.2. The lowest BCUT2D eigenvalue weighted by Gasteiger charge is -2.26. The largest absolute Gasteiger partial charge is 0.379 e. The zero-order chi connectivity index (χ0) is 17.5. The van der Waals surface area contributed by atoms with Crippen LogP contribution in [0.25, 0.3) is 12.2 Å². The highest BCUT2D eigenvalue weighted by atomic mass is 16.5. The van der Waals surface area contributed by atoms with Crippen LogP contribution < -0.4 is 15.9 Å². The number of allylic oxidation sites excluding steroid dienone is 1. The molecule has 0 amide bonds. The van der Waals surface area contributed by atoms with Crippen LogP contribution in [-0.4, -0.2) is 67.0 Å². The first-order valence-electron chi connectivity index (χ1n) is 9.09. The average molecular weight is 344 g/mol. The van der Waals surface area contributed by atoms with Crippen LogP contribution in [0.5, 0.6) is 0 Å². The summed E-state index contributed by atoms with van der Waals surface area (Å²) in [6.07, 6.45) is 8.98. The number of fused-ring (bicyclic) bond motifs is 1. The Morgan fingerprint density at radius 3 is 2.88 bits per heavy atom. The number of anilines is 1. The predicted molar refractivity (Wildman–Crippen MR) is 99.7 cm³/mol. The van der Waals surface area contributed by atoms with Crippen molar-refractivity contribution in [1.29, 1.82) is 0 Å². The molecule has 136 valence electrons. The molecule has 0 saturated carbocycles. The van der Waals surface area contributed by atoms with Crippen LogP contribution in [0.15, 0.2) is 18.0 Å². The van der Waals surface area contributed by atoms with Gasteiger partial charge in [0, 0.05) is 30.9 Å². The van der Waals surface area contributed by atoms with E-state index in [9.17, 15) is 0 Å². The fraction of sp³-hybridized carbons (Fsp3) is 0.579. The van der Waals surface area contributed by atoms with Crippen LogP contribution >= 0.6 is 0 Å². The second-order valence-electron chi connectivity index (χ2n) is 6.69. The molecule has 1 aliphatic carbocycles. The first-order chi connectivity index (χ1) is 12.2. The lowest BCUT2D eigenvalue weighted by Crippen LogP contribution is -2.38. The summed E-state index contributed by atoms with van der Waals surface area (Å²) in [6.45, 7) is 10.2. The summed E-state index contributed by atoms with van der Waals surface area (Å²) in [5, 5.41) is 5.43. The summed E-state index contributed by atoms with van der Waals surface area (Å²) in [5.41, 5.74) is 1.17. The number of hydrogen-bond acceptors (Lipinski definition) is 6. The van der Waals surface area contributed by atoms with Gasteiger partial charge in [-0.25, -0.2) is 9.97 Å². The molecule has 6 heteroatoms. The van der Waals surface area contributed by atoms with Crippen molar-refractivity contribution < 1.29 is 9.47 Å². The lowest BCUT2D eigenvalue weighted by atomic mass is 10.2. The first kappa shape index (κ1) is 18.0. The smallest absolute Gasteiger partial charge is 0.137 e. The van der Waals surface area contributed by atoms with E-state index in [2.05, 4.69) is 52.3 Å². The number of morpholine rings is 1. The predicted octanol–water partition coefficient (Wildman–Crippen LogP) is 0.537. The highest BCUT2D eigenvalue weighted by molar-refractivity contribution is 5.54. The third kappa shape index (κ3) is 5.36. The highest BCUT2D eigenvalue weighted by Crippen LogP contribution is 2.05. The molecule has 1 aromatic heterocycles. The van der Waals surface area contributed by atoms with Gasteiger partial charge < -0.3 is 14.8 Å². The Morgan fingerprint density at radius 1 is 1.24 bits per heavy atom. The molecule has 6 nitrogen and oxygen atoms in total. The Hall–Kier alpha value is -1.76. The quantitative estimate of drug-likeness (QED) is 0.729. The van der Waals surface area contributed by atoms with Crippen LogP contribution in [0.3, 0.4) is 0 Å². The molecule has 2 heterocycles. The van der Waals surface area contributed by atoms with Gasteiger partial charge in [-0.05, 0) is 31.9 Å². The summed E-state index contributed by atoms with van der Waals surface area (Å²) in [7, 11) is 0. The maximum Gasteiger partial charge on any atom is 0.137 e. The van der Waals surface area contributed by atoms with Crippen molar-refractivity contribution in [2.45, 2.75) is 26.3 Å². The second kappa shape index (κ2) is 9.08. The zero-order valence-electron chi connectivity index (χ0n) is 15.2. The van der Waals surface area contributed by atoms with Gasteiger partial charge in [-0.1, -0.05) is 12.2 Å². The number of nitrogens with zero attached hydrogens (tertiary/aromatic N) is 3. The monoisotopic (exact) mass is 344 g/mol. The Kier molecular flexibility index (Phi) is 6.55. The molecule has 0 atom stereocenters. The van der Waals surface area contributed by atoms with E-state index in [0.29, 0.717) is 12.6 Å². The van der Waals surface area contributed by atoms with Gasteiger partial charge in [0.15, 0.2) is 0 Å². The van der Waals surface area contributed by atoms with E-state index < -0.39 is 0 Å². The normalized spacial score (nSPS) is 18.0. The summed E-state index contributed by atoms with van der Waals surface area (Å²) < 4.78 is 11.3. The third-order valence-corrected chi connectivity index (χ3v) is 4.29. The Morgan fingerprint density at radius 2 is 2.08 bits per heavy atom. The molecular weight excluding hydrogens is 316 g/mol. The molecule has 0 unspecified atom stereocenters. The number of hydrogen-bond donors (Lipinski definition) is 1. The Labute approximate surface area is 149 Å². The number of nitrogens with one attached hydrogen (secondary N) is 1. The van der Waals surface area contributed by atoms with Gasteiger partial charge in [-0.15, -0.1) is 0 Å². The van der Waals surface area contributed by atoms with Crippen LogP contribution in [0.4, 0.5) is 5.82 Å². The molecule has 0 bridgehead atoms. The van der Waals surface area contributed by atoms with Gasteiger partial charge in [0.05, 0.1) is 31.8 Å². The summed E-state index contributed by atoms with van der Waals surface area (Å²) in [6, 6.07) is 0.339. The fourth-order valence-corrected chi connectivity index (χ4v) is 2.99. The molecule has 2 aliphatic rings. The van der Waals surface area contributed by atoms with Gasteiger partial charge in [0.1, 0.15) is 12.1 Å². The number of aromatic nitrogens is 2.